The molecule has 0 radical (unpaired) electrons. The largest absolute Gasteiger partial charge is 0.476 e. The fourth-order valence-electron chi connectivity index (χ4n) is 2.44. The highest BCUT2D eigenvalue weighted by atomic mass is 31.1. The first-order valence-corrected chi connectivity index (χ1v) is 8.00. The zero-order chi connectivity index (χ0) is 14.4. The standard InChI is InChI=1S/C16H24FOP/c1-15(2,3)11-9-12(16(4,5)6)14-10(13(11)17)7-8-19-18-14/h9,19H,7-8H2,1-6H3. The van der Waals surface area contributed by atoms with Gasteiger partial charge in [-0.1, -0.05) is 41.5 Å². The van der Waals surface area contributed by atoms with Gasteiger partial charge in [-0.2, -0.15) is 0 Å². The summed E-state index contributed by atoms with van der Waals surface area (Å²) in [5, 5.41) is 0. The van der Waals surface area contributed by atoms with Gasteiger partial charge in [0.15, 0.2) is 0 Å². The van der Waals surface area contributed by atoms with Crippen LogP contribution in [0, 0.1) is 5.82 Å². The molecule has 3 heteroatoms. The van der Waals surface area contributed by atoms with Gasteiger partial charge < -0.3 is 4.52 Å². The SMILES string of the molecule is CC(C)(C)c1cc(C(C)(C)C)c2c(c1F)CCPO2. The third-order valence-corrected chi connectivity index (χ3v) is 4.38. The van der Waals surface area contributed by atoms with Crippen molar-refractivity contribution in [3.05, 3.63) is 28.6 Å². The Balaban J connectivity index is 2.74. The number of fused-ring (bicyclic) bond motifs is 1. The summed E-state index contributed by atoms with van der Waals surface area (Å²) in [6.45, 7) is 12.7. The molecule has 106 valence electrons. The first-order valence-electron chi connectivity index (χ1n) is 6.88. The van der Waals surface area contributed by atoms with Crippen molar-refractivity contribution in [1.82, 2.24) is 0 Å². The van der Waals surface area contributed by atoms with E-state index in [9.17, 15) is 4.39 Å². The molecular formula is C16H24FOP. The molecule has 0 fully saturated rings. The van der Waals surface area contributed by atoms with Crippen LogP contribution >= 0.6 is 8.81 Å². The number of hydrogen-bond acceptors (Lipinski definition) is 1. The molecule has 0 N–H and O–H groups in total. The van der Waals surface area contributed by atoms with E-state index in [0.29, 0.717) is 8.81 Å². The minimum Gasteiger partial charge on any atom is -0.476 e. The molecular weight excluding hydrogens is 258 g/mol. The van der Waals surface area contributed by atoms with Crippen LogP contribution in [0.15, 0.2) is 6.07 Å². The van der Waals surface area contributed by atoms with Crippen molar-refractivity contribution in [3.8, 4) is 5.75 Å². The van der Waals surface area contributed by atoms with E-state index < -0.39 is 0 Å². The van der Waals surface area contributed by atoms with Crippen LogP contribution < -0.4 is 4.52 Å². The maximum Gasteiger partial charge on any atom is 0.133 e. The van der Waals surface area contributed by atoms with Gasteiger partial charge in [0.2, 0.25) is 0 Å². The second kappa shape index (κ2) is 4.74. The summed E-state index contributed by atoms with van der Waals surface area (Å²) in [5.74, 6) is 0.752. The van der Waals surface area contributed by atoms with E-state index in [0.717, 1.165) is 35.0 Å². The molecule has 0 saturated heterocycles. The van der Waals surface area contributed by atoms with E-state index in [1.54, 1.807) is 0 Å². The first-order chi connectivity index (χ1) is 8.62. The smallest absolute Gasteiger partial charge is 0.133 e. The average Bonchev–Trinajstić information content (AvgIpc) is 2.26. The molecule has 1 aromatic carbocycles. The fraction of sp³-hybridized carbons (Fsp3) is 0.625. The topological polar surface area (TPSA) is 9.23 Å². The van der Waals surface area contributed by atoms with E-state index in [-0.39, 0.29) is 16.6 Å². The lowest BCUT2D eigenvalue weighted by molar-refractivity contribution is 0.480. The van der Waals surface area contributed by atoms with Crippen molar-refractivity contribution in [2.24, 2.45) is 0 Å². The van der Waals surface area contributed by atoms with E-state index in [1.807, 2.05) is 6.07 Å². The summed E-state index contributed by atoms with van der Waals surface area (Å²) in [6, 6.07) is 2.02. The van der Waals surface area contributed by atoms with Crippen LogP contribution in [0.3, 0.4) is 0 Å². The van der Waals surface area contributed by atoms with Gasteiger partial charge in [0.25, 0.3) is 0 Å². The van der Waals surface area contributed by atoms with Crippen LogP contribution in [0.5, 0.6) is 5.75 Å². The van der Waals surface area contributed by atoms with Gasteiger partial charge in [-0.25, -0.2) is 4.39 Å². The Morgan fingerprint density at radius 3 is 2.16 bits per heavy atom. The molecule has 1 aromatic rings. The highest BCUT2D eigenvalue weighted by molar-refractivity contribution is 7.32. The zero-order valence-corrected chi connectivity index (χ0v) is 13.8. The monoisotopic (exact) mass is 282 g/mol. The Kier molecular flexibility index (Phi) is 3.68. The molecule has 19 heavy (non-hydrogen) atoms. The Bertz CT molecular complexity index is 495. The van der Waals surface area contributed by atoms with Crippen molar-refractivity contribution in [3.63, 3.8) is 0 Å². The number of hydrogen-bond donors (Lipinski definition) is 0. The molecule has 0 spiro atoms. The predicted molar refractivity (Wildman–Crippen MR) is 81.3 cm³/mol. The van der Waals surface area contributed by atoms with E-state index in [4.69, 9.17) is 4.52 Å². The van der Waals surface area contributed by atoms with E-state index in [2.05, 4.69) is 41.5 Å². The van der Waals surface area contributed by atoms with Gasteiger partial charge >= 0.3 is 0 Å². The maximum absolute atomic E-state index is 14.7. The third kappa shape index (κ3) is 2.79. The van der Waals surface area contributed by atoms with Gasteiger partial charge in [0.1, 0.15) is 11.6 Å². The van der Waals surface area contributed by atoms with Gasteiger partial charge in [-0.3, -0.25) is 0 Å². The maximum atomic E-state index is 14.7. The highest BCUT2D eigenvalue weighted by Crippen LogP contribution is 2.45. The first kappa shape index (κ1) is 14.8. The normalized spacial score (nSPS) is 17.2. The van der Waals surface area contributed by atoms with E-state index in [1.165, 1.54) is 0 Å². The summed E-state index contributed by atoms with van der Waals surface area (Å²) in [4.78, 5) is 0. The molecule has 0 bridgehead atoms. The molecule has 1 unspecified atom stereocenters. The second-order valence-electron chi connectivity index (χ2n) is 7.34. The van der Waals surface area contributed by atoms with Crippen molar-refractivity contribution >= 4 is 8.81 Å². The zero-order valence-electron chi connectivity index (χ0n) is 12.8. The average molecular weight is 282 g/mol. The summed E-state index contributed by atoms with van der Waals surface area (Å²) < 4.78 is 20.6. The number of rotatable bonds is 0. The third-order valence-electron chi connectivity index (χ3n) is 3.58. The lowest BCUT2D eigenvalue weighted by atomic mass is 9.78. The molecule has 1 aliphatic heterocycles. The minimum atomic E-state index is -0.182. The van der Waals surface area contributed by atoms with Crippen molar-refractivity contribution in [2.75, 3.05) is 6.16 Å². The van der Waals surface area contributed by atoms with Crippen molar-refractivity contribution in [2.45, 2.75) is 58.8 Å². The van der Waals surface area contributed by atoms with Crippen molar-refractivity contribution in [1.29, 1.82) is 0 Å². The van der Waals surface area contributed by atoms with Crippen molar-refractivity contribution < 1.29 is 8.91 Å². The minimum absolute atomic E-state index is 0.0282. The van der Waals surface area contributed by atoms with Gasteiger partial charge in [0.05, 0.1) is 8.81 Å². The number of benzene rings is 1. The lowest BCUT2D eigenvalue weighted by Gasteiger charge is -2.31. The number of halogens is 1. The molecule has 0 amide bonds. The highest BCUT2D eigenvalue weighted by Gasteiger charge is 2.31. The van der Waals surface area contributed by atoms with E-state index >= 15 is 0 Å². The van der Waals surface area contributed by atoms with Crippen LogP contribution in [0.2, 0.25) is 0 Å². The van der Waals surface area contributed by atoms with Crippen LogP contribution in [0.25, 0.3) is 0 Å². The Morgan fingerprint density at radius 2 is 1.63 bits per heavy atom. The Labute approximate surface area is 117 Å². The molecule has 0 aliphatic carbocycles. The predicted octanol–water partition coefficient (Wildman–Crippen LogP) is 4.95. The molecule has 0 saturated carbocycles. The van der Waals surface area contributed by atoms with Gasteiger partial charge in [-0.15, -0.1) is 0 Å². The quantitative estimate of drug-likeness (QED) is 0.612. The second-order valence-corrected chi connectivity index (χ2v) is 8.33. The molecule has 1 aliphatic rings. The Morgan fingerprint density at radius 1 is 1.05 bits per heavy atom. The van der Waals surface area contributed by atoms with Gasteiger partial charge in [0, 0.05) is 17.3 Å². The molecule has 2 rings (SSSR count). The summed E-state index contributed by atoms with van der Waals surface area (Å²) in [7, 11) is 0.457. The van der Waals surface area contributed by atoms with Crippen LogP contribution in [-0.4, -0.2) is 6.16 Å². The molecule has 0 aromatic heterocycles. The molecule has 1 nitrogen and oxygen atoms in total. The summed E-state index contributed by atoms with van der Waals surface area (Å²) in [6.07, 6.45) is 1.73. The Hall–Kier alpha value is -0.620. The molecule has 1 atom stereocenters. The van der Waals surface area contributed by atoms with Crippen LogP contribution in [-0.2, 0) is 17.3 Å². The summed E-state index contributed by atoms with van der Waals surface area (Å²) >= 11 is 0. The fourth-order valence-corrected chi connectivity index (χ4v) is 3.27. The lowest BCUT2D eigenvalue weighted by Crippen LogP contribution is -2.22. The van der Waals surface area contributed by atoms with Gasteiger partial charge in [-0.05, 0) is 28.9 Å². The van der Waals surface area contributed by atoms with Crippen LogP contribution in [0.1, 0.15) is 58.2 Å². The molecule has 1 heterocycles. The summed E-state index contributed by atoms with van der Waals surface area (Å²) in [5.41, 5.74) is 2.53. The van der Waals surface area contributed by atoms with Crippen LogP contribution in [0.4, 0.5) is 4.39 Å².